The molecule has 1 nitrogen and oxygen atoms in total. The Balaban J connectivity index is 3.90. The highest BCUT2D eigenvalue weighted by atomic mass is 32.1. The van der Waals surface area contributed by atoms with Crippen molar-refractivity contribution in [1.82, 2.24) is 4.90 Å². The number of thiol groups is 1. The van der Waals surface area contributed by atoms with E-state index >= 15 is 0 Å². The van der Waals surface area contributed by atoms with E-state index in [2.05, 4.69) is 45.2 Å². The maximum absolute atomic E-state index is 4.31. The second-order valence-corrected chi connectivity index (χ2v) is 5.50. The molecule has 0 aliphatic rings. The summed E-state index contributed by atoms with van der Waals surface area (Å²) in [7, 11) is 0. The van der Waals surface area contributed by atoms with Gasteiger partial charge in [-0.25, -0.2) is 0 Å². The Morgan fingerprint density at radius 1 is 1.06 bits per heavy atom. The van der Waals surface area contributed by atoms with Gasteiger partial charge in [-0.1, -0.05) is 27.2 Å². The van der Waals surface area contributed by atoms with Gasteiger partial charge in [0.2, 0.25) is 0 Å². The first-order valence-corrected chi connectivity index (χ1v) is 7.63. The van der Waals surface area contributed by atoms with Gasteiger partial charge in [0.05, 0.1) is 0 Å². The number of hydrogen-bond donors (Lipinski definition) is 1. The summed E-state index contributed by atoms with van der Waals surface area (Å²) in [6.07, 6.45) is 6.49. The molecule has 0 fully saturated rings. The van der Waals surface area contributed by atoms with Crippen LogP contribution in [0.5, 0.6) is 0 Å². The van der Waals surface area contributed by atoms with Gasteiger partial charge in [0.1, 0.15) is 0 Å². The van der Waals surface area contributed by atoms with Crippen molar-refractivity contribution in [3.05, 3.63) is 0 Å². The Bertz CT molecular complexity index is 150. The zero-order chi connectivity index (χ0) is 12.4. The maximum atomic E-state index is 4.31. The van der Waals surface area contributed by atoms with E-state index in [0.717, 1.165) is 17.7 Å². The molecule has 0 spiro atoms. The van der Waals surface area contributed by atoms with Crippen LogP contribution in [0.4, 0.5) is 0 Å². The summed E-state index contributed by atoms with van der Waals surface area (Å²) in [4.78, 5) is 2.67. The first-order chi connectivity index (χ1) is 7.65. The summed E-state index contributed by atoms with van der Waals surface area (Å²) in [5.41, 5.74) is 0. The van der Waals surface area contributed by atoms with Gasteiger partial charge in [0.25, 0.3) is 0 Å². The molecule has 0 saturated carbocycles. The highest BCUT2D eigenvalue weighted by Gasteiger charge is 2.12. The molecule has 2 heteroatoms. The van der Waals surface area contributed by atoms with Gasteiger partial charge >= 0.3 is 0 Å². The lowest BCUT2D eigenvalue weighted by Gasteiger charge is -2.29. The van der Waals surface area contributed by atoms with Crippen molar-refractivity contribution < 1.29 is 0 Å². The first-order valence-electron chi connectivity index (χ1n) is 7.00. The first kappa shape index (κ1) is 16.3. The van der Waals surface area contributed by atoms with E-state index in [9.17, 15) is 0 Å². The minimum atomic E-state index is 0.745. The quantitative estimate of drug-likeness (QED) is 0.564. The molecule has 2 unspecified atom stereocenters. The summed E-state index contributed by atoms with van der Waals surface area (Å²) in [6, 6.07) is 0.745. The largest absolute Gasteiger partial charge is 0.301 e. The van der Waals surface area contributed by atoms with Crippen LogP contribution < -0.4 is 0 Å². The van der Waals surface area contributed by atoms with Crippen molar-refractivity contribution in [3.8, 4) is 0 Å². The van der Waals surface area contributed by atoms with E-state index in [0.29, 0.717) is 0 Å². The maximum Gasteiger partial charge on any atom is 0.00643 e. The molecule has 0 aromatic carbocycles. The molecule has 2 atom stereocenters. The van der Waals surface area contributed by atoms with Crippen LogP contribution in [0.15, 0.2) is 0 Å². The molecule has 98 valence electrons. The topological polar surface area (TPSA) is 3.24 Å². The third-order valence-corrected chi connectivity index (χ3v) is 3.80. The van der Waals surface area contributed by atoms with Crippen LogP contribution >= 0.6 is 12.6 Å². The van der Waals surface area contributed by atoms with Crippen LogP contribution in [0.3, 0.4) is 0 Å². The molecule has 16 heavy (non-hydrogen) atoms. The van der Waals surface area contributed by atoms with Crippen molar-refractivity contribution in [1.29, 1.82) is 0 Å². The van der Waals surface area contributed by atoms with Gasteiger partial charge in [0, 0.05) is 6.04 Å². The van der Waals surface area contributed by atoms with E-state index < -0.39 is 0 Å². The molecule has 0 bridgehead atoms. The second-order valence-electron chi connectivity index (χ2n) is 5.05. The van der Waals surface area contributed by atoms with Gasteiger partial charge in [-0.2, -0.15) is 12.6 Å². The highest BCUT2D eigenvalue weighted by molar-refractivity contribution is 7.80. The number of rotatable bonds is 10. The summed E-state index contributed by atoms with van der Waals surface area (Å²) < 4.78 is 0. The lowest BCUT2D eigenvalue weighted by atomic mass is 10.0. The smallest absolute Gasteiger partial charge is 0.00643 e. The third-order valence-electron chi connectivity index (χ3n) is 3.54. The van der Waals surface area contributed by atoms with Crippen molar-refractivity contribution in [2.45, 2.75) is 65.8 Å². The van der Waals surface area contributed by atoms with E-state index in [1.54, 1.807) is 0 Å². The van der Waals surface area contributed by atoms with Crippen molar-refractivity contribution in [3.63, 3.8) is 0 Å². The molecule has 0 amide bonds. The monoisotopic (exact) mass is 245 g/mol. The lowest BCUT2D eigenvalue weighted by molar-refractivity contribution is 0.188. The predicted molar refractivity (Wildman–Crippen MR) is 78.5 cm³/mol. The summed E-state index contributed by atoms with van der Waals surface area (Å²) in [6.45, 7) is 11.8. The van der Waals surface area contributed by atoms with Crippen LogP contribution in [0.25, 0.3) is 0 Å². The Morgan fingerprint density at radius 2 is 1.75 bits per heavy atom. The molecule has 0 aliphatic heterocycles. The van der Waals surface area contributed by atoms with Crippen LogP contribution in [0.1, 0.15) is 59.8 Å². The Hall–Kier alpha value is 0.310. The molecule has 0 aromatic rings. The van der Waals surface area contributed by atoms with Crippen molar-refractivity contribution in [2.24, 2.45) is 5.92 Å². The van der Waals surface area contributed by atoms with Crippen LogP contribution in [-0.2, 0) is 0 Å². The fourth-order valence-corrected chi connectivity index (χ4v) is 2.36. The van der Waals surface area contributed by atoms with Gasteiger partial charge in [-0.3, -0.25) is 0 Å². The predicted octanol–water partition coefficient (Wildman–Crippen LogP) is 4.23. The fourth-order valence-electron chi connectivity index (χ4n) is 1.92. The molecular weight excluding hydrogens is 214 g/mol. The molecule has 0 rings (SSSR count). The molecule has 0 aromatic heterocycles. The normalized spacial score (nSPS) is 15.4. The zero-order valence-electron chi connectivity index (χ0n) is 11.7. The van der Waals surface area contributed by atoms with Gasteiger partial charge in [-0.05, 0) is 57.4 Å². The SMILES string of the molecule is CCCCN(CCC(C)CCS)C(C)CC. The summed E-state index contributed by atoms with van der Waals surface area (Å²) in [5.74, 6) is 1.85. The van der Waals surface area contributed by atoms with E-state index in [1.807, 2.05) is 0 Å². The Kier molecular flexibility index (Phi) is 10.7. The Morgan fingerprint density at radius 3 is 2.25 bits per heavy atom. The molecular formula is C14H31NS. The molecule has 0 aliphatic carbocycles. The van der Waals surface area contributed by atoms with Crippen LogP contribution in [0, 0.1) is 5.92 Å². The summed E-state index contributed by atoms with van der Waals surface area (Å²) in [5, 5.41) is 0. The average Bonchev–Trinajstić information content (AvgIpc) is 2.28. The fraction of sp³-hybridized carbons (Fsp3) is 1.00. The van der Waals surface area contributed by atoms with E-state index in [-0.39, 0.29) is 0 Å². The molecule has 0 N–H and O–H groups in total. The minimum absolute atomic E-state index is 0.745. The highest BCUT2D eigenvalue weighted by Crippen LogP contribution is 2.13. The number of unbranched alkanes of at least 4 members (excludes halogenated alkanes) is 1. The van der Waals surface area contributed by atoms with Gasteiger partial charge < -0.3 is 4.90 Å². The molecule has 0 heterocycles. The minimum Gasteiger partial charge on any atom is -0.301 e. The summed E-state index contributed by atoms with van der Waals surface area (Å²) >= 11 is 4.31. The number of hydrogen-bond acceptors (Lipinski definition) is 2. The van der Waals surface area contributed by atoms with Crippen molar-refractivity contribution >= 4 is 12.6 Å². The van der Waals surface area contributed by atoms with E-state index in [1.165, 1.54) is 45.2 Å². The zero-order valence-corrected chi connectivity index (χ0v) is 12.6. The van der Waals surface area contributed by atoms with Gasteiger partial charge in [-0.15, -0.1) is 0 Å². The molecule has 0 radical (unpaired) electrons. The molecule has 0 saturated heterocycles. The van der Waals surface area contributed by atoms with Crippen molar-refractivity contribution in [2.75, 3.05) is 18.8 Å². The lowest BCUT2D eigenvalue weighted by Crippen LogP contribution is -2.35. The number of nitrogens with zero attached hydrogens (tertiary/aromatic N) is 1. The average molecular weight is 245 g/mol. The van der Waals surface area contributed by atoms with Crippen LogP contribution in [0.2, 0.25) is 0 Å². The van der Waals surface area contributed by atoms with E-state index in [4.69, 9.17) is 0 Å². The Labute approximate surface area is 108 Å². The van der Waals surface area contributed by atoms with Gasteiger partial charge in [0.15, 0.2) is 0 Å². The third kappa shape index (κ3) is 7.56. The van der Waals surface area contributed by atoms with Crippen LogP contribution in [-0.4, -0.2) is 29.8 Å². The second kappa shape index (κ2) is 10.5. The standard InChI is InChI=1S/C14H31NS/c1-5-7-10-15(14(4)6-2)11-8-13(3)9-12-16/h13-14,16H,5-12H2,1-4H3.